The summed E-state index contributed by atoms with van der Waals surface area (Å²) in [5.74, 6) is 1.31. The monoisotopic (exact) mass is 563 g/mol. The summed E-state index contributed by atoms with van der Waals surface area (Å²) in [6, 6.07) is 2.35. The molecule has 8 heteroatoms. The number of aromatic nitrogens is 2. The van der Waals surface area contributed by atoms with Gasteiger partial charge in [-0.05, 0) is 71.7 Å². The Bertz CT molecular complexity index is 717. The molecule has 0 aliphatic heterocycles. The fraction of sp³-hybridized carbons (Fsp3) is 0.818. The van der Waals surface area contributed by atoms with Crippen molar-refractivity contribution >= 4 is 45.0 Å². The lowest BCUT2D eigenvalue weighted by Crippen LogP contribution is -2.46. The molecule has 3 atom stereocenters. The Labute approximate surface area is 199 Å². The molecule has 1 aliphatic rings. The molecule has 1 heterocycles. The van der Waals surface area contributed by atoms with Crippen molar-refractivity contribution in [3.05, 3.63) is 16.1 Å². The van der Waals surface area contributed by atoms with E-state index in [-0.39, 0.29) is 16.2 Å². The Kier molecular flexibility index (Phi) is 8.26. The van der Waals surface area contributed by atoms with E-state index in [9.17, 15) is 0 Å². The van der Waals surface area contributed by atoms with Crippen LogP contribution in [0.15, 0.2) is 12.4 Å². The van der Waals surface area contributed by atoms with Crippen LogP contribution in [0.4, 0.5) is 5.82 Å². The van der Waals surface area contributed by atoms with Gasteiger partial charge in [0.05, 0.1) is 6.10 Å². The SMILES string of the molecule is CC(C)(C)[Si](C)(C)OCC1CC(Nc2cc(I)ncn2)CC1O[Si](C)(C)C(C)(C)C. The van der Waals surface area contributed by atoms with Crippen molar-refractivity contribution in [1.29, 1.82) is 0 Å². The van der Waals surface area contributed by atoms with Crippen LogP contribution in [0.25, 0.3) is 0 Å². The normalized spacial score (nSPS) is 23.6. The molecule has 1 aromatic rings. The minimum Gasteiger partial charge on any atom is -0.416 e. The Morgan fingerprint density at radius 1 is 1.00 bits per heavy atom. The van der Waals surface area contributed by atoms with Crippen molar-refractivity contribution in [3.8, 4) is 0 Å². The van der Waals surface area contributed by atoms with Crippen molar-refractivity contribution in [1.82, 2.24) is 9.97 Å². The molecule has 0 bridgehead atoms. The van der Waals surface area contributed by atoms with Crippen LogP contribution in [0.3, 0.4) is 0 Å². The summed E-state index contributed by atoms with van der Waals surface area (Å²) in [7, 11) is -3.64. The maximum Gasteiger partial charge on any atom is 0.192 e. The Hall–Kier alpha value is -0.0362. The summed E-state index contributed by atoms with van der Waals surface area (Å²) < 4.78 is 14.5. The molecule has 0 saturated heterocycles. The molecule has 172 valence electrons. The number of nitrogens with one attached hydrogen (secondary N) is 1. The number of halogens is 1. The second-order valence-corrected chi connectivity index (χ2v) is 22.5. The molecule has 3 unspecified atom stereocenters. The predicted molar refractivity (Wildman–Crippen MR) is 140 cm³/mol. The molecule has 1 aliphatic carbocycles. The van der Waals surface area contributed by atoms with Crippen LogP contribution in [0.1, 0.15) is 54.4 Å². The summed E-state index contributed by atoms with van der Waals surface area (Å²) >= 11 is 2.23. The van der Waals surface area contributed by atoms with Crippen LogP contribution >= 0.6 is 22.6 Å². The maximum atomic E-state index is 6.92. The summed E-state index contributed by atoms with van der Waals surface area (Å²) in [4.78, 5) is 8.60. The van der Waals surface area contributed by atoms with Gasteiger partial charge in [-0.3, -0.25) is 0 Å². The van der Waals surface area contributed by atoms with Gasteiger partial charge in [0, 0.05) is 24.6 Å². The molecule has 5 nitrogen and oxygen atoms in total. The summed E-state index contributed by atoms with van der Waals surface area (Å²) in [6.07, 6.45) is 3.91. The number of rotatable bonds is 7. The highest BCUT2D eigenvalue weighted by molar-refractivity contribution is 14.1. The van der Waals surface area contributed by atoms with Crippen LogP contribution < -0.4 is 5.32 Å². The molecule has 1 saturated carbocycles. The van der Waals surface area contributed by atoms with Crippen molar-refractivity contribution in [3.63, 3.8) is 0 Å². The fourth-order valence-corrected chi connectivity index (χ4v) is 6.12. The van der Waals surface area contributed by atoms with Crippen LogP contribution in [0.5, 0.6) is 0 Å². The predicted octanol–water partition coefficient (Wildman–Crippen LogP) is 6.68. The van der Waals surface area contributed by atoms with Gasteiger partial charge in [0.15, 0.2) is 16.6 Å². The fourth-order valence-electron chi connectivity index (χ4n) is 3.23. The minimum atomic E-state index is -1.85. The zero-order valence-electron chi connectivity index (χ0n) is 20.6. The molecule has 1 aromatic heterocycles. The number of anilines is 1. The van der Waals surface area contributed by atoms with Gasteiger partial charge in [-0.15, -0.1) is 0 Å². The van der Waals surface area contributed by atoms with Crippen molar-refractivity contribution in [2.24, 2.45) is 5.92 Å². The van der Waals surface area contributed by atoms with Crippen LogP contribution in [-0.4, -0.2) is 45.4 Å². The zero-order chi connectivity index (χ0) is 23.0. The van der Waals surface area contributed by atoms with E-state index in [1.165, 1.54) is 0 Å². The maximum absolute atomic E-state index is 6.92. The van der Waals surface area contributed by atoms with E-state index < -0.39 is 16.6 Å². The first-order valence-electron chi connectivity index (χ1n) is 11.1. The molecule has 1 fully saturated rings. The molecule has 2 rings (SSSR count). The highest BCUT2D eigenvalue weighted by Crippen LogP contribution is 2.42. The van der Waals surface area contributed by atoms with Crippen LogP contribution in [0, 0.1) is 9.62 Å². The molecule has 0 aromatic carbocycles. The van der Waals surface area contributed by atoms with Crippen molar-refractivity contribution < 1.29 is 8.85 Å². The molecule has 1 N–H and O–H groups in total. The topological polar surface area (TPSA) is 56.3 Å². The lowest BCUT2D eigenvalue weighted by Gasteiger charge is -2.41. The van der Waals surface area contributed by atoms with E-state index in [1.54, 1.807) is 6.33 Å². The van der Waals surface area contributed by atoms with Crippen molar-refractivity contribution in [2.45, 2.75) is 103 Å². The minimum absolute atomic E-state index is 0.201. The molecular formula is C22H42IN3O2Si2. The van der Waals surface area contributed by atoms with E-state index in [0.29, 0.717) is 12.0 Å². The first-order valence-corrected chi connectivity index (χ1v) is 18.0. The van der Waals surface area contributed by atoms with Gasteiger partial charge in [-0.25, -0.2) is 9.97 Å². The van der Waals surface area contributed by atoms with E-state index in [0.717, 1.165) is 29.0 Å². The van der Waals surface area contributed by atoms with Gasteiger partial charge in [0.2, 0.25) is 0 Å². The lowest BCUT2D eigenvalue weighted by molar-refractivity contribution is 0.101. The Balaban J connectivity index is 2.15. The van der Waals surface area contributed by atoms with Gasteiger partial charge >= 0.3 is 0 Å². The van der Waals surface area contributed by atoms with E-state index in [1.807, 2.05) is 6.07 Å². The largest absolute Gasteiger partial charge is 0.416 e. The second kappa shape index (κ2) is 9.45. The van der Waals surface area contributed by atoms with Crippen molar-refractivity contribution in [2.75, 3.05) is 11.9 Å². The zero-order valence-corrected chi connectivity index (χ0v) is 24.8. The van der Waals surface area contributed by atoms with Gasteiger partial charge in [-0.2, -0.15) is 0 Å². The highest BCUT2D eigenvalue weighted by Gasteiger charge is 2.45. The number of hydrogen-bond donors (Lipinski definition) is 1. The first kappa shape index (κ1) is 26.2. The number of hydrogen-bond acceptors (Lipinski definition) is 5. The quantitative estimate of drug-likeness (QED) is 0.228. The molecule has 0 radical (unpaired) electrons. The van der Waals surface area contributed by atoms with E-state index in [2.05, 4.69) is 106 Å². The molecule has 0 amide bonds. The molecule has 0 spiro atoms. The van der Waals surface area contributed by atoms with E-state index >= 15 is 0 Å². The average Bonchev–Trinajstić information content (AvgIpc) is 2.91. The second-order valence-electron chi connectivity index (χ2n) is 11.8. The first-order chi connectivity index (χ1) is 13.5. The highest BCUT2D eigenvalue weighted by atomic mass is 127. The summed E-state index contributed by atoms with van der Waals surface area (Å²) in [6.45, 7) is 24.0. The van der Waals surface area contributed by atoms with Crippen LogP contribution in [-0.2, 0) is 8.85 Å². The summed E-state index contributed by atoms with van der Waals surface area (Å²) in [5, 5.41) is 4.05. The third kappa shape index (κ3) is 6.73. The third-order valence-electron chi connectivity index (χ3n) is 7.33. The summed E-state index contributed by atoms with van der Waals surface area (Å²) in [5.41, 5.74) is 0. The molecule has 30 heavy (non-hydrogen) atoms. The van der Waals surface area contributed by atoms with Gasteiger partial charge < -0.3 is 14.2 Å². The van der Waals surface area contributed by atoms with E-state index in [4.69, 9.17) is 8.85 Å². The lowest BCUT2D eigenvalue weighted by atomic mass is 10.1. The van der Waals surface area contributed by atoms with Gasteiger partial charge in [0.1, 0.15) is 15.8 Å². The standard InChI is InChI=1S/C22H42IN3O2Si2/c1-21(2,3)29(7,8)27-14-16-11-17(26-20-13-19(23)24-15-25-20)12-18(16)28-30(9,10)22(4,5)6/h13,15-18H,11-12,14H2,1-10H3,(H,24,25,26). The Morgan fingerprint density at radius 2 is 1.60 bits per heavy atom. The van der Waals surface area contributed by atoms with Crippen LogP contribution in [0.2, 0.25) is 36.3 Å². The molecular weight excluding hydrogens is 521 g/mol. The number of nitrogens with zero attached hydrogens (tertiary/aromatic N) is 2. The van der Waals surface area contributed by atoms with Gasteiger partial charge in [-0.1, -0.05) is 41.5 Å². The van der Waals surface area contributed by atoms with Gasteiger partial charge in [0.25, 0.3) is 0 Å². The Morgan fingerprint density at radius 3 is 2.13 bits per heavy atom. The average molecular weight is 564 g/mol. The smallest absolute Gasteiger partial charge is 0.192 e. The third-order valence-corrected chi connectivity index (χ3v) is 16.9.